The van der Waals surface area contributed by atoms with Crippen molar-refractivity contribution in [1.82, 2.24) is 15.6 Å². The molecule has 1 heterocycles. The zero-order valence-corrected chi connectivity index (χ0v) is 16.3. The van der Waals surface area contributed by atoms with E-state index in [9.17, 15) is 9.90 Å². The number of carbonyl (C=O) groups excluding carboxylic acids is 1. The molecule has 2 aromatic rings. The van der Waals surface area contributed by atoms with Crippen LogP contribution in [0.2, 0.25) is 0 Å². The van der Waals surface area contributed by atoms with Gasteiger partial charge in [0.15, 0.2) is 0 Å². The number of benzene rings is 1. The Labute approximate surface area is 158 Å². The standard InChI is InChI=1S/C19H27N3O3S/c1-19(2,3)25-18(24)22-16(9-14-7-5-4-6-8-14)17(23)12-20-10-15-11-21-13-26-15/h4-8,11,13,16-17,20,23H,9-10,12H2,1-3H3,(H,22,24)/t16-,17+/m0/s1. The van der Waals surface area contributed by atoms with E-state index < -0.39 is 23.8 Å². The van der Waals surface area contributed by atoms with Gasteiger partial charge in [-0.1, -0.05) is 30.3 Å². The first-order valence-corrected chi connectivity index (χ1v) is 9.51. The van der Waals surface area contributed by atoms with Crippen LogP contribution in [0.3, 0.4) is 0 Å². The molecule has 2 rings (SSSR count). The van der Waals surface area contributed by atoms with Gasteiger partial charge in [0.25, 0.3) is 0 Å². The highest BCUT2D eigenvalue weighted by molar-refractivity contribution is 7.09. The summed E-state index contributed by atoms with van der Waals surface area (Å²) in [5.41, 5.74) is 2.22. The molecular formula is C19H27N3O3S. The van der Waals surface area contributed by atoms with Crippen molar-refractivity contribution >= 4 is 17.4 Å². The zero-order valence-electron chi connectivity index (χ0n) is 15.4. The lowest BCUT2D eigenvalue weighted by atomic mass is 10.0. The van der Waals surface area contributed by atoms with E-state index in [1.165, 1.54) is 0 Å². The molecule has 0 radical (unpaired) electrons. The van der Waals surface area contributed by atoms with Crippen molar-refractivity contribution in [2.24, 2.45) is 0 Å². The highest BCUT2D eigenvalue weighted by atomic mass is 32.1. The van der Waals surface area contributed by atoms with Gasteiger partial charge >= 0.3 is 6.09 Å². The number of alkyl carbamates (subject to hydrolysis) is 1. The Morgan fingerprint density at radius 1 is 1.31 bits per heavy atom. The molecule has 1 aromatic heterocycles. The van der Waals surface area contributed by atoms with E-state index in [4.69, 9.17) is 4.74 Å². The SMILES string of the molecule is CC(C)(C)OC(=O)N[C@@H](Cc1ccccc1)[C@H](O)CNCc1cncs1. The average molecular weight is 378 g/mol. The number of nitrogens with zero attached hydrogens (tertiary/aromatic N) is 1. The Morgan fingerprint density at radius 2 is 2.04 bits per heavy atom. The summed E-state index contributed by atoms with van der Waals surface area (Å²) in [5, 5.41) is 16.6. The van der Waals surface area contributed by atoms with Crippen LogP contribution < -0.4 is 10.6 Å². The molecule has 0 unspecified atom stereocenters. The maximum Gasteiger partial charge on any atom is 0.407 e. The van der Waals surface area contributed by atoms with Gasteiger partial charge in [-0.2, -0.15) is 0 Å². The molecule has 0 spiro atoms. The van der Waals surface area contributed by atoms with Crippen LogP contribution in [-0.4, -0.2) is 40.5 Å². The number of ether oxygens (including phenoxy) is 1. The third-order valence-corrected chi connectivity index (χ3v) is 4.38. The molecule has 2 atom stereocenters. The highest BCUT2D eigenvalue weighted by Crippen LogP contribution is 2.11. The van der Waals surface area contributed by atoms with E-state index in [1.807, 2.05) is 51.1 Å². The van der Waals surface area contributed by atoms with Crippen LogP contribution in [0.1, 0.15) is 31.2 Å². The van der Waals surface area contributed by atoms with Crippen molar-refractivity contribution in [2.75, 3.05) is 6.54 Å². The van der Waals surface area contributed by atoms with Crippen molar-refractivity contribution < 1.29 is 14.6 Å². The number of hydrogen-bond acceptors (Lipinski definition) is 6. The number of aromatic nitrogens is 1. The van der Waals surface area contributed by atoms with E-state index in [-0.39, 0.29) is 0 Å². The number of aliphatic hydroxyl groups excluding tert-OH is 1. The summed E-state index contributed by atoms with van der Waals surface area (Å²) in [5.74, 6) is 0. The number of carbonyl (C=O) groups is 1. The van der Waals surface area contributed by atoms with Gasteiger partial charge in [-0.3, -0.25) is 4.98 Å². The molecule has 0 bridgehead atoms. The Morgan fingerprint density at radius 3 is 2.65 bits per heavy atom. The van der Waals surface area contributed by atoms with Crippen molar-refractivity contribution in [3.63, 3.8) is 0 Å². The lowest BCUT2D eigenvalue weighted by Gasteiger charge is -2.27. The van der Waals surface area contributed by atoms with E-state index in [2.05, 4.69) is 15.6 Å². The minimum atomic E-state index is -0.754. The number of nitrogens with one attached hydrogen (secondary N) is 2. The fraction of sp³-hybridized carbons (Fsp3) is 0.474. The number of rotatable bonds is 8. The minimum absolute atomic E-state index is 0.352. The van der Waals surface area contributed by atoms with Gasteiger partial charge in [0.2, 0.25) is 0 Å². The lowest BCUT2D eigenvalue weighted by Crippen LogP contribution is -2.49. The first-order chi connectivity index (χ1) is 12.3. The third-order valence-electron chi connectivity index (χ3n) is 3.60. The summed E-state index contributed by atoms with van der Waals surface area (Å²) in [6.45, 7) is 6.42. The Balaban J connectivity index is 1.95. The molecule has 0 aliphatic carbocycles. The fourth-order valence-electron chi connectivity index (χ4n) is 2.43. The second-order valence-electron chi connectivity index (χ2n) is 7.11. The molecule has 142 valence electrons. The molecule has 6 nitrogen and oxygen atoms in total. The van der Waals surface area contributed by atoms with Crippen LogP contribution in [0.5, 0.6) is 0 Å². The first-order valence-electron chi connectivity index (χ1n) is 8.63. The van der Waals surface area contributed by atoms with Gasteiger partial charge < -0.3 is 20.5 Å². The topological polar surface area (TPSA) is 83.5 Å². The van der Waals surface area contributed by atoms with Crippen LogP contribution in [-0.2, 0) is 17.7 Å². The number of thiazole rings is 1. The van der Waals surface area contributed by atoms with E-state index in [0.29, 0.717) is 19.5 Å². The maximum absolute atomic E-state index is 12.2. The fourth-order valence-corrected chi connectivity index (χ4v) is 2.99. The van der Waals surface area contributed by atoms with Gasteiger partial charge in [-0.15, -0.1) is 11.3 Å². The summed E-state index contributed by atoms with van der Waals surface area (Å²) in [6.07, 6.45) is 1.03. The molecule has 7 heteroatoms. The molecule has 1 amide bonds. The summed E-state index contributed by atoms with van der Waals surface area (Å²) >= 11 is 1.56. The quantitative estimate of drug-likeness (QED) is 0.659. The van der Waals surface area contributed by atoms with E-state index in [1.54, 1.807) is 23.0 Å². The molecule has 0 saturated carbocycles. The predicted molar refractivity (Wildman–Crippen MR) is 103 cm³/mol. The molecule has 26 heavy (non-hydrogen) atoms. The second kappa shape index (κ2) is 9.66. The summed E-state index contributed by atoms with van der Waals surface area (Å²) < 4.78 is 5.33. The first kappa shape index (κ1) is 20.4. The van der Waals surface area contributed by atoms with Crippen LogP contribution in [0.25, 0.3) is 0 Å². The minimum Gasteiger partial charge on any atom is -0.444 e. The van der Waals surface area contributed by atoms with Gasteiger partial charge in [-0.25, -0.2) is 4.79 Å². The third kappa shape index (κ3) is 7.51. The Kier molecular flexibility index (Phi) is 7.56. The van der Waals surface area contributed by atoms with Crippen LogP contribution in [0, 0.1) is 0 Å². The van der Waals surface area contributed by atoms with Crippen molar-refractivity contribution in [2.45, 2.75) is 51.5 Å². The van der Waals surface area contributed by atoms with Gasteiger partial charge in [0.05, 0.1) is 17.7 Å². The van der Waals surface area contributed by atoms with Crippen LogP contribution in [0.4, 0.5) is 4.79 Å². The summed E-state index contributed by atoms with van der Waals surface area (Å²) in [7, 11) is 0. The Hall–Kier alpha value is -1.96. The molecule has 0 aliphatic heterocycles. The summed E-state index contributed by atoms with van der Waals surface area (Å²) in [6, 6.07) is 9.30. The number of amides is 1. The van der Waals surface area contributed by atoms with E-state index in [0.717, 1.165) is 10.4 Å². The lowest BCUT2D eigenvalue weighted by molar-refractivity contribution is 0.0422. The van der Waals surface area contributed by atoms with Crippen molar-refractivity contribution in [3.05, 3.63) is 52.5 Å². The maximum atomic E-state index is 12.2. The second-order valence-corrected chi connectivity index (χ2v) is 8.08. The molecule has 1 aromatic carbocycles. The van der Waals surface area contributed by atoms with Crippen LogP contribution >= 0.6 is 11.3 Å². The molecular weight excluding hydrogens is 350 g/mol. The number of aliphatic hydroxyl groups is 1. The largest absolute Gasteiger partial charge is 0.444 e. The molecule has 0 fully saturated rings. The average Bonchev–Trinajstić information content (AvgIpc) is 3.06. The van der Waals surface area contributed by atoms with Gasteiger partial charge in [0.1, 0.15) is 5.60 Å². The van der Waals surface area contributed by atoms with Crippen molar-refractivity contribution in [3.8, 4) is 0 Å². The molecule has 0 saturated heterocycles. The van der Waals surface area contributed by atoms with Gasteiger partial charge in [-0.05, 0) is 32.8 Å². The molecule has 0 aliphatic rings. The van der Waals surface area contributed by atoms with Crippen LogP contribution in [0.15, 0.2) is 42.0 Å². The van der Waals surface area contributed by atoms with Crippen molar-refractivity contribution in [1.29, 1.82) is 0 Å². The smallest absolute Gasteiger partial charge is 0.407 e. The normalized spacial score (nSPS) is 13.8. The monoisotopic (exact) mass is 377 g/mol. The highest BCUT2D eigenvalue weighted by Gasteiger charge is 2.24. The predicted octanol–water partition coefficient (Wildman–Crippen LogP) is 2.73. The zero-order chi connectivity index (χ0) is 19.0. The molecule has 3 N–H and O–H groups in total. The Bertz CT molecular complexity index is 656. The van der Waals surface area contributed by atoms with Gasteiger partial charge in [0, 0.05) is 24.2 Å². The van der Waals surface area contributed by atoms with E-state index >= 15 is 0 Å². The number of hydrogen-bond donors (Lipinski definition) is 3. The summed E-state index contributed by atoms with van der Waals surface area (Å²) in [4.78, 5) is 17.3.